The Kier molecular flexibility index (Phi) is 6.23. The van der Waals surface area contributed by atoms with Crippen LogP contribution in [0.2, 0.25) is 0 Å². The van der Waals surface area contributed by atoms with Crippen LogP contribution in [0.1, 0.15) is 29.4 Å². The van der Waals surface area contributed by atoms with E-state index < -0.39 is 22.5 Å². The predicted octanol–water partition coefficient (Wildman–Crippen LogP) is 3.29. The Morgan fingerprint density at radius 1 is 1.28 bits per heavy atom. The Bertz CT molecular complexity index is 1580. The van der Waals surface area contributed by atoms with Gasteiger partial charge in [-0.25, -0.2) is 0 Å². The van der Waals surface area contributed by atoms with Gasteiger partial charge in [0.15, 0.2) is 5.92 Å². The van der Waals surface area contributed by atoms with Gasteiger partial charge in [-0.05, 0) is 36.0 Å². The molecule has 0 fully saturated rings. The second-order valence-electron chi connectivity index (χ2n) is 8.24. The quantitative estimate of drug-likeness (QED) is 0.213. The van der Waals surface area contributed by atoms with Gasteiger partial charge in [-0.1, -0.05) is 54.3 Å². The highest BCUT2D eigenvalue weighted by molar-refractivity contribution is 8.10. The van der Waals surface area contributed by atoms with Gasteiger partial charge in [0.05, 0.1) is 22.4 Å². The predicted molar refractivity (Wildman–Crippen MR) is 136 cm³/mol. The van der Waals surface area contributed by atoms with E-state index in [4.69, 9.17) is 0 Å². The number of ketones is 1. The number of Topliss-reactive ketones (excluding diaryl/α,β-unsaturated/α-hetero) is 1. The average molecular weight is 498 g/mol. The normalized spacial score (nSPS) is 16.8. The molecule has 2 aliphatic carbocycles. The van der Waals surface area contributed by atoms with Crippen LogP contribution in [0.5, 0.6) is 0 Å². The van der Waals surface area contributed by atoms with Crippen molar-refractivity contribution in [2.45, 2.75) is 18.9 Å². The first-order valence-electron chi connectivity index (χ1n) is 11.2. The fourth-order valence-corrected chi connectivity index (χ4v) is 5.22. The fourth-order valence-electron chi connectivity index (χ4n) is 4.27. The molecule has 0 bridgehead atoms. The zero-order chi connectivity index (χ0) is 25.2. The number of carbonyl (C=O) groups excluding carboxylic acids is 2. The van der Waals surface area contributed by atoms with Crippen molar-refractivity contribution in [1.82, 2.24) is 9.78 Å². The molecule has 1 atom stereocenters. The van der Waals surface area contributed by atoms with Crippen LogP contribution < -0.4 is 15.9 Å². The molecule has 0 radical (unpaired) electrons. The number of anilines is 1. The minimum Gasteiger partial charge on any atom is -0.324 e. The van der Waals surface area contributed by atoms with Gasteiger partial charge in [-0.2, -0.15) is 10.4 Å². The molecule has 0 saturated heterocycles. The number of nitrogens with zero attached hydrogens (tertiary/aromatic N) is 4. The first-order valence-corrected chi connectivity index (χ1v) is 12.0. The topological polar surface area (TPSA) is 131 Å². The van der Waals surface area contributed by atoms with E-state index in [9.17, 15) is 25.0 Å². The maximum Gasteiger partial charge on any atom is 0.271 e. The summed E-state index contributed by atoms with van der Waals surface area (Å²) in [7, 11) is 0. The summed E-state index contributed by atoms with van der Waals surface area (Å²) in [5, 5.41) is 31.1. The van der Waals surface area contributed by atoms with E-state index in [1.807, 2.05) is 47.9 Å². The molecule has 178 valence electrons. The third-order valence-corrected chi connectivity index (χ3v) is 6.96. The molecule has 9 nitrogen and oxygen atoms in total. The first kappa shape index (κ1) is 23.3. The molecule has 1 aliphatic heterocycles. The molecule has 1 aromatic carbocycles. The number of nitro benzene ring substituents is 1. The number of hydrogen-bond acceptors (Lipinski definition) is 7. The standard InChI is InChI=1S/C26H19N5O4S/c27-14-20(26(33)28-16-7-6-10-18(13-16)31(34)35)25(32)23-21-15-36-22-12-5-4-11-19(22)24(21)30(29-23)17-8-2-1-3-9-17/h2-10,12-13,15,17,20H,1,11H2,(H,28,33). The van der Waals surface area contributed by atoms with Gasteiger partial charge >= 0.3 is 0 Å². The van der Waals surface area contributed by atoms with Crippen LogP contribution >= 0.6 is 11.8 Å². The first-order chi connectivity index (χ1) is 17.5. The third kappa shape index (κ3) is 4.21. The van der Waals surface area contributed by atoms with Crippen molar-refractivity contribution in [3.05, 3.63) is 98.1 Å². The van der Waals surface area contributed by atoms with Crippen molar-refractivity contribution < 1.29 is 14.5 Å². The molecular weight excluding hydrogens is 478 g/mol. The summed E-state index contributed by atoms with van der Waals surface area (Å²) in [6, 6.07) is 6.89. The van der Waals surface area contributed by atoms with Crippen LogP contribution in [0, 0.1) is 27.4 Å². The second kappa shape index (κ2) is 9.64. The van der Waals surface area contributed by atoms with Crippen LogP contribution in [0.4, 0.5) is 11.4 Å². The SMILES string of the molecule is N#CC(C(=O)Nc1cccc([N+](=O)[O-])c1)C(=O)c1nn(C2C=CCC=C2)c2c1=CSC1=CC=CCC=21. The minimum absolute atomic E-state index is 0.0479. The molecule has 3 aliphatic rings. The van der Waals surface area contributed by atoms with E-state index in [1.54, 1.807) is 10.8 Å². The Morgan fingerprint density at radius 3 is 2.83 bits per heavy atom. The number of hydrogen-bond donors (Lipinski definition) is 1. The second-order valence-corrected chi connectivity index (χ2v) is 9.15. The zero-order valence-electron chi connectivity index (χ0n) is 18.8. The minimum atomic E-state index is -1.68. The van der Waals surface area contributed by atoms with Crippen molar-refractivity contribution in [3.8, 4) is 6.07 Å². The smallest absolute Gasteiger partial charge is 0.271 e. The molecule has 1 aromatic heterocycles. The van der Waals surface area contributed by atoms with Crippen LogP contribution in [0.25, 0.3) is 11.0 Å². The van der Waals surface area contributed by atoms with E-state index in [0.29, 0.717) is 11.6 Å². The zero-order valence-corrected chi connectivity index (χ0v) is 19.6. The van der Waals surface area contributed by atoms with E-state index >= 15 is 0 Å². The summed E-state index contributed by atoms with van der Waals surface area (Å²) in [4.78, 5) is 38.0. The maximum absolute atomic E-state index is 13.5. The lowest BCUT2D eigenvalue weighted by molar-refractivity contribution is -0.384. The Labute approximate surface area is 209 Å². The molecule has 5 rings (SSSR count). The molecule has 0 spiro atoms. The highest BCUT2D eigenvalue weighted by Gasteiger charge is 2.33. The highest BCUT2D eigenvalue weighted by Crippen LogP contribution is 2.33. The number of thioether (sulfide) groups is 1. The summed E-state index contributed by atoms with van der Waals surface area (Å²) in [6.07, 6.45) is 15.6. The van der Waals surface area contributed by atoms with E-state index in [-0.39, 0.29) is 23.1 Å². The van der Waals surface area contributed by atoms with Crippen molar-refractivity contribution in [2.24, 2.45) is 5.92 Å². The van der Waals surface area contributed by atoms with E-state index in [2.05, 4.69) is 10.4 Å². The van der Waals surface area contributed by atoms with Crippen molar-refractivity contribution in [3.63, 3.8) is 0 Å². The Morgan fingerprint density at radius 2 is 2.08 bits per heavy atom. The summed E-state index contributed by atoms with van der Waals surface area (Å²) < 4.78 is 1.78. The monoisotopic (exact) mass is 497 g/mol. The number of allylic oxidation sites excluding steroid dienone is 8. The number of nitriles is 1. The molecule has 10 heteroatoms. The lowest BCUT2D eigenvalue weighted by Crippen LogP contribution is -2.38. The van der Waals surface area contributed by atoms with Crippen molar-refractivity contribution in [2.75, 3.05) is 5.32 Å². The Balaban J connectivity index is 1.55. The number of nitro groups is 1. The number of benzene rings is 1. The maximum atomic E-state index is 13.5. The molecule has 2 aromatic rings. The largest absolute Gasteiger partial charge is 0.324 e. The summed E-state index contributed by atoms with van der Waals surface area (Å²) in [6.45, 7) is 0. The number of amides is 1. The van der Waals surface area contributed by atoms with Gasteiger partial charge in [-0.15, -0.1) is 0 Å². The number of non-ortho nitro benzene ring substituents is 1. The van der Waals surface area contributed by atoms with Crippen LogP contribution in [0.15, 0.2) is 71.7 Å². The van der Waals surface area contributed by atoms with E-state index in [0.717, 1.165) is 22.2 Å². The molecule has 2 heterocycles. The van der Waals surface area contributed by atoms with Crippen LogP contribution in [-0.4, -0.2) is 26.4 Å². The number of nitrogens with one attached hydrogen (secondary N) is 1. The van der Waals surface area contributed by atoms with Gasteiger partial charge < -0.3 is 5.32 Å². The lowest BCUT2D eigenvalue weighted by atomic mass is 10.00. The summed E-state index contributed by atoms with van der Waals surface area (Å²) in [5.74, 6) is -3.28. The van der Waals surface area contributed by atoms with Crippen molar-refractivity contribution >= 4 is 45.8 Å². The fraction of sp³-hybridized carbons (Fsp3) is 0.154. The van der Waals surface area contributed by atoms with E-state index in [1.165, 1.54) is 36.0 Å². The van der Waals surface area contributed by atoms with Crippen LogP contribution in [-0.2, 0) is 4.79 Å². The van der Waals surface area contributed by atoms with Gasteiger partial charge in [0.2, 0.25) is 11.7 Å². The van der Waals surface area contributed by atoms with Gasteiger partial charge in [0.1, 0.15) is 5.69 Å². The van der Waals surface area contributed by atoms with Crippen LogP contribution in [0.3, 0.4) is 0 Å². The molecular formula is C26H19N5O4S. The molecule has 1 unspecified atom stereocenters. The summed E-state index contributed by atoms with van der Waals surface area (Å²) >= 11 is 1.47. The summed E-state index contributed by atoms with van der Waals surface area (Å²) in [5.41, 5.74) is 0.983. The third-order valence-electron chi connectivity index (χ3n) is 5.97. The van der Waals surface area contributed by atoms with Gasteiger partial charge in [0.25, 0.3) is 5.69 Å². The molecule has 36 heavy (non-hydrogen) atoms. The number of carbonyl (C=O) groups is 2. The lowest BCUT2D eigenvalue weighted by Gasteiger charge is -2.18. The van der Waals surface area contributed by atoms with Gasteiger partial charge in [0, 0.05) is 27.9 Å². The molecule has 0 saturated carbocycles. The van der Waals surface area contributed by atoms with Gasteiger partial charge in [-0.3, -0.25) is 24.4 Å². The number of fused-ring (bicyclic) bond motifs is 2. The van der Waals surface area contributed by atoms with Crippen molar-refractivity contribution in [1.29, 1.82) is 5.26 Å². The molecule has 1 N–H and O–H groups in total. The Hall–Kier alpha value is -4.49. The highest BCUT2D eigenvalue weighted by atomic mass is 32.2. The average Bonchev–Trinajstić information content (AvgIpc) is 3.30. The number of aromatic nitrogens is 2. The number of rotatable bonds is 6. The molecule has 1 amide bonds.